The third-order valence-corrected chi connectivity index (χ3v) is 6.81. The summed E-state index contributed by atoms with van der Waals surface area (Å²) < 4.78 is 7.91. The zero-order chi connectivity index (χ0) is 24.8. The molecule has 0 spiro atoms. The van der Waals surface area contributed by atoms with Crippen molar-refractivity contribution in [1.82, 2.24) is 14.8 Å². The highest BCUT2D eigenvalue weighted by Gasteiger charge is 2.18. The minimum absolute atomic E-state index is 0.0163. The van der Waals surface area contributed by atoms with Gasteiger partial charge in [-0.25, -0.2) is 0 Å². The van der Waals surface area contributed by atoms with Crippen LogP contribution in [0.2, 0.25) is 5.02 Å². The number of ether oxygens (including phenoxy) is 1. The normalized spacial score (nSPS) is 13.5. The smallest absolute Gasteiger partial charge is 0.271 e. The molecule has 1 aliphatic rings. The second kappa shape index (κ2) is 11.4. The average molecular weight is 514 g/mol. The molecule has 1 aliphatic carbocycles. The lowest BCUT2D eigenvalue weighted by atomic mass is 10.2. The van der Waals surface area contributed by atoms with Gasteiger partial charge in [0.15, 0.2) is 11.0 Å². The van der Waals surface area contributed by atoms with Gasteiger partial charge in [-0.05, 0) is 56.0 Å². The van der Waals surface area contributed by atoms with Gasteiger partial charge in [0.25, 0.3) is 5.69 Å². The van der Waals surface area contributed by atoms with Crippen molar-refractivity contribution in [3.63, 3.8) is 0 Å². The summed E-state index contributed by atoms with van der Waals surface area (Å²) in [5.74, 6) is 1.13. The molecule has 0 aliphatic heterocycles. The predicted octanol–water partition coefficient (Wildman–Crippen LogP) is 5.74. The Morgan fingerprint density at radius 3 is 2.69 bits per heavy atom. The Balaban J connectivity index is 1.43. The Bertz CT molecular complexity index is 1230. The number of aromatic nitrogens is 3. The molecule has 4 rings (SSSR count). The number of carbonyl (C=O) groups is 1. The zero-order valence-corrected chi connectivity index (χ0v) is 20.4. The number of benzene rings is 2. The molecular formula is C24H24ClN5O4S. The van der Waals surface area contributed by atoms with E-state index in [1.807, 2.05) is 28.8 Å². The standard InChI is InChI=1S/C24H24ClN5O4S/c1-2-13-29-23(16-7-10-19(11-8-16)34-18-5-3-4-6-18)27-28-24(29)35-15-22(31)26-21-14-17(30(32)33)9-12-20(21)25/h2,7-12,14,18H,1,3-6,13,15H2,(H,26,31). The molecule has 3 aromatic rings. The molecule has 1 N–H and O–H groups in total. The molecule has 1 amide bonds. The van der Waals surface area contributed by atoms with Crippen molar-refractivity contribution in [3.05, 3.63) is 70.3 Å². The minimum Gasteiger partial charge on any atom is -0.490 e. The zero-order valence-electron chi connectivity index (χ0n) is 18.9. The first-order valence-electron chi connectivity index (χ1n) is 11.1. The number of allylic oxidation sites excluding steroid dienone is 1. The number of hydrogen-bond donors (Lipinski definition) is 1. The maximum Gasteiger partial charge on any atom is 0.271 e. The van der Waals surface area contributed by atoms with Gasteiger partial charge in [-0.15, -0.1) is 16.8 Å². The summed E-state index contributed by atoms with van der Waals surface area (Å²) >= 11 is 7.27. The van der Waals surface area contributed by atoms with E-state index in [2.05, 4.69) is 22.1 Å². The summed E-state index contributed by atoms with van der Waals surface area (Å²) in [6.07, 6.45) is 6.64. The minimum atomic E-state index is -0.548. The maximum absolute atomic E-state index is 12.5. The van der Waals surface area contributed by atoms with Crippen LogP contribution in [-0.2, 0) is 11.3 Å². The fraction of sp³-hybridized carbons (Fsp3) is 0.292. The van der Waals surface area contributed by atoms with Crippen molar-refractivity contribution in [2.45, 2.75) is 43.5 Å². The van der Waals surface area contributed by atoms with E-state index >= 15 is 0 Å². The van der Waals surface area contributed by atoms with Gasteiger partial charge in [0.2, 0.25) is 5.91 Å². The number of non-ortho nitro benzene ring substituents is 1. The fourth-order valence-electron chi connectivity index (χ4n) is 3.82. The number of nitrogens with zero attached hydrogens (tertiary/aromatic N) is 4. The highest BCUT2D eigenvalue weighted by molar-refractivity contribution is 7.99. The Kier molecular flexibility index (Phi) is 8.04. The van der Waals surface area contributed by atoms with Gasteiger partial charge in [-0.3, -0.25) is 19.5 Å². The molecule has 2 aromatic carbocycles. The van der Waals surface area contributed by atoms with Crippen LogP contribution in [-0.4, -0.2) is 37.5 Å². The van der Waals surface area contributed by atoms with Gasteiger partial charge in [0.05, 0.1) is 27.5 Å². The number of amides is 1. The molecule has 9 nitrogen and oxygen atoms in total. The largest absolute Gasteiger partial charge is 0.490 e. The van der Waals surface area contributed by atoms with Gasteiger partial charge in [0.1, 0.15) is 5.75 Å². The van der Waals surface area contributed by atoms with E-state index in [0.717, 1.165) is 24.2 Å². The van der Waals surface area contributed by atoms with E-state index < -0.39 is 4.92 Å². The lowest BCUT2D eigenvalue weighted by Gasteiger charge is -2.13. The van der Waals surface area contributed by atoms with Crippen molar-refractivity contribution in [2.24, 2.45) is 0 Å². The molecule has 1 aromatic heterocycles. The van der Waals surface area contributed by atoms with Crippen LogP contribution in [0.3, 0.4) is 0 Å². The van der Waals surface area contributed by atoms with Crippen molar-refractivity contribution in [1.29, 1.82) is 0 Å². The highest BCUT2D eigenvalue weighted by Crippen LogP contribution is 2.29. The van der Waals surface area contributed by atoms with E-state index in [-0.39, 0.29) is 34.2 Å². The summed E-state index contributed by atoms with van der Waals surface area (Å²) in [7, 11) is 0. The number of anilines is 1. The van der Waals surface area contributed by atoms with Crippen LogP contribution in [0.15, 0.2) is 60.3 Å². The number of nitro groups is 1. The van der Waals surface area contributed by atoms with Crippen LogP contribution >= 0.6 is 23.4 Å². The summed E-state index contributed by atoms with van der Waals surface area (Å²) in [5.41, 5.74) is 0.893. The van der Waals surface area contributed by atoms with Gasteiger partial charge in [-0.1, -0.05) is 29.4 Å². The molecule has 0 atom stereocenters. The number of hydrogen-bond acceptors (Lipinski definition) is 7. The van der Waals surface area contributed by atoms with Gasteiger partial charge < -0.3 is 10.1 Å². The van der Waals surface area contributed by atoms with Crippen molar-refractivity contribution >= 4 is 40.6 Å². The summed E-state index contributed by atoms with van der Waals surface area (Å²) in [6, 6.07) is 11.6. The SMILES string of the molecule is C=CCn1c(SCC(=O)Nc2cc([N+](=O)[O-])ccc2Cl)nnc1-c1ccc(OC2CCCC2)cc1. The summed E-state index contributed by atoms with van der Waals surface area (Å²) in [6.45, 7) is 4.27. The van der Waals surface area contributed by atoms with Crippen molar-refractivity contribution in [3.8, 4) is 17.1 Å². The Morgan fingerprint density at radius 2 is 2.00 bits per heavy atom. The topological polar surface area (TPSA) is 112 Å². The van der Waals surface area contributed by atoms with E-state index in [4.69, 9.17) is 16.3 Å². The molecule has 0 radical (unpaired) electrons. The molecule has 182 valence electrons. The van der Waals surface area contributed by atoms with E-state index in [9.17, 15) is 14.9 Å². The van der Waals surface area contributed by atoms with Crippen LogP contribution in [0.5, 0.6) is 5.75 Å². The van der Waals surface area contributed by atoms with Gasteiger partial charge in [-0.2, -0.15) is 0 Å². The second-order valence-corrected chi connectivity index (χ2v) is 9.36. The predicted molar refractivity (Wildman–Crippen MR) is 136 cm³/mol. The van der Waals surface area contributed by atoms with Gasteiger partial charge in [0, 0.05) is 24.2 Å². The Morgan fingerprint density at radius 1 is 1.26 bits per heavy atom. The van der Waals surface area contributed by atoms with Crippen LogP contribution in [0.4, 0.5) is 11.4 Å². The number of rotatable bonds is 10. The third kappa shape index (κ3) is 6.20. The molecule has 0 bridgehead atoms. The Hall–Kier alpha value is -3.37. The number of nitro benzene ring substituents is 1. The summed E-state index contributed by atoms with van der Waals surface area (Å²) in [4.78, 5) is 22.9. The third-order valence-electron chi connectivity index (χ3n) is 5.51. The van der Waals surface area contributed by atoms with Crippen LogP contribution in [0.1, 0.15) is 25.7 Å². The number of thioether (sulfide) groups is 1. The molecule has 1 saturated carbocycles. The molecule has 1 fully saturated rings. The summed E-state index contributed by atoms with van der Waals surface area (Å²) in [5, 5.41) is 22.9. The van der Waals surface area contributed by atoms with E-state index in [1.54, 1.807) is 6.08 Å². The highest BCUT2D eigenvalue weighted by atomic mass is 35.5. The molecule has 35 heavy (non-hydrogen) atoms. The first kappa shape index (κ1) is 24.7. The van der Waals surface area contributed by atoms with E-state index in [1.165, 1.54) is 42.8 Å². The molecule has 1 heterocycles. The number of nitrogens with one attached hydrogen (secondary N) is 1. The van der Waals surface area contributed by atoms with E-state index in [0.29, 0.717) is 17.5 Å². The number of halogens is 1. The van der Waals surface area contributed by atoms with Crippen LogP contribution < -0.4 is 10.1 Å². The molecule has 11 heteroatoms. The molecular weight excluding hydrogens is 490 g/mol. The lowest BCUT2D eigenvalue weighted by molar-refractivity contribution is -0.384. The fourth-order valence-corrected chi connectivity index (χ4v) is 4.74. The quantitative estimate of drug-likeness (QED) is 0.159. The average Bonchev–Trinajstić information content (AvgIpc) is 3.50. The van der Waals surface area contributed by atoms with Crippen LogP contribution in [0, 0.1) is 10.1 Å². The van der Waals surface area contributed by atoms with Crippen LogP contribution in [0.25, 0.3) is 11.4 Å². The van der Waals surface area contributed by atoms with Gasteiger partial charge >= 0.3 is 0 Å². The first-order valence-corrected chi connectivity index (χ1v) is 12.5. The van der Waals surface area contributed by atoms with Crippen molar-refractivity contribution in [2.75, 3.05) is 11.1 Å². The first-order chi connectivity index (χ1) is 16.9. The lowest BCUT2D eigenvalue weighted by Crippen LogP contribution is -2.15. The monoisotopic (exact) mass is 513 g/mol. The molecule has 0 unspecified atom stereocenters. The second-order valence-electron chi connectivity index (χ2n) is 8.01. The Labute approximate surface area is 211 Å². The maximum atomic E-state index is 12.5. The number of carbonyl (C=O) groups excluding carboxylic acids is 1. The molecule has 0 saturated heterocycles. The van der Waals surface area contributed by atoms with Crippen molar-refractivity contribution < 1.29 is 14.5 Å².